The molecule has 0 N–H and O–H groups in total. The third-order valence-corrected chi connectivity index (χ3v) is 7.44. The molecule has 1 atom stereocenters. The van der Waals surface area contributed by atoms with Crippen LogP contribution in [0.1, 0.15) is 43.2 Å². The van der Waals surface area contributed by atoms with E-state index < -0.39 is 0 Å². The van der Waals surface area contributed by atoms with E-state index in [4.69, 9.17) is 17.0 Å². The molecule has 1 saturated carbocycles. The number of carbonyl (C=O) groups excluding carboxylic acids is 1. The zero-order valence-electron chi connectivity index (χ0n) is 16.6. The van der Waals surface area contributed by atoms with E-state index >= 15 is 0 Å². The van der Waals surface area contributed by atoms with Crippen LogP contribution in [-0.2, 0) is 17.8 Å². The van der Waals surface area contributed by atoms with Crippen molar-refractivity contribution in [3.8, 4) is 5.75 Å². The van der Waals surface area contributed by atoms with Crippen LogP contribution in [-0.4, -0.2) is 26.9 Å². The highest BCUT2D eigenvalue weighted by atomic mass is 32.2. The molecule has 1 heterocycles. The Hall–Kier alpha value is -1.85. The first-order valence-electron chi connectivity index (χ1n) is 10.5. The van der Waals surface area contributed by atoms with Gasteiger partial charge in [-0.25, -0.2) is 0 Å². The molecule has 29 heavy (non-hydrogen) atoms. The number of thiocarbonyl (C=S) groups is 1. The second-order valence-corrected chi connectivity index (χ2v) is 9.72. The van der Waals surface area contributed by atoms with Crippen molar-refractivity contribution in [1.29, 1.82) is 0 Å². The first-order chi connectivity index (χ1) is 14.2. The van der Waals surface area contributed by atoms with Gasteiger partial charge in [0.05, 0.1) is 5.25 Å². The normalized spacial score (nSPS) is 19.9. The van der Waals surface area contributed by atoms with Crippen LogP contribution in [0.25, 0.3) is 0 Å². The average Bonchev–Trinajstić information content (AvgIpc) is 3.35. The Balaban J connectivity index is 1.37. The molecule has 5 heteroatoms. The van der Waals surface area contributed by atoms with E-state index in [2.05, 4.69) is 18.2 Å². The molecule has 0 radical (unpaired) electrons. The summed E-state index contributed by atoms with van der Waals surface area (Å²) in [5, 5.41) is -0.146. The van der Waals surface area contributed by atoms with E-state index in [1.54, 1.807) is 0 Å². The lowest BCUT2D eigenvalue weighted by Gasteiger charge is -2.18. The Kier molecular flexibility index (Phi) is 6.88. The van der Waals surface area contributed by atoms with Gasteiger partial charge in [0.25, 0.3) is 0 Å². The fraction of sp³-hybridized carbons (Fsp3) is 0.417. The van der Waals surface area contributed by atoms with E-state index in [0.717, 1.165) is 40.1 Å². The Morgan fingerprint density at radius 2 is 1.76 bits per heavy atom. The molecule has 0 unspecified atom stereocenters. The molecular weight excluding hydrogens is 398 g/mol. The van der Waals surface area contributed by atoms with Crippen LogP contribution >= 0.6 is 24.0 Å². The molecule has 1 amide bonds. The number of ether oxygens (including phenoxy) is 1. The SMILES string of the molecule is O=C1[C@H](Cc2ccccc2OCc2ccccc2)SC(=S)N1CCC1CCCC1. The quantitative estimate of drug-likeness (QED) is 0.514. The predicted octanol–water partition coefficient (Wildman–Crippen LogP) is 5.62. The van der Waals surface area contributed by atoms with Crippen LogP contribution in [0.3, 0.4) is 0 Å². The summed E-state index contributed by atoms with van der Waals surface area (Å²) in [4.78, 5) is 14.8. The Bertz CT molecular complexity index is 849. The average molecular weight is 426 g/mol. The van der Waals surface area contributed by atoms with E-state index in [9.17, 15) is 4.79 Å². The molecule has 2 fully saturated rings. The first kappa shape index (κ1) is 20.4. The monoisotopic (exact) mass is 425 g/mol. The lowest BCUT2D eigenvalue weighted by atomic mass is 10.0. The van der Waals surface area contributed by atoms with Gasteiger partial charge in [-0.15, -0.1) is 0 Å². The Labute approximate surface area is 182 Å². The minimum absolute atomic E-state index is 0.146. The van der Waals surface area contributed by atoms with Crippen LogP contribution in [0.4, 0.5) is 0 Å². The molecule has 4 rings (SSSR count). The van der Waals surface area contributed by atoms with E-state index in [1.807, 2.05) is 41.3 Å². The van der Waals surface area contributed by atoms with Gasteiger partial charge in [0, 0.05) is 6.54 Å². The highest BCUT2D eigenvalue weighted by Crippen LogP contribution is 2.34. The topological polar surface area (TPSA) is 29.5 Å². The molecule has 1 aliphatic carbocycles. The van der Waals surface area contributed by atoms with Crippen molar-refractivity contribution < 1.29 is 9.53 Å². The fourth-order valence-corrected chi connectivity index (χ4v) is 5.76. The summed E-state index contributed by atoms with van der Waals surface area (Å²) in [6.45, 7) is 1.30. The van der Waals surface area contributed by atoms with Crippen LogP contribution in [0, 0.1) is 5.92 Å². The Morgan fingerprint density at radius 1 is 1.03 bits per heavy atom. The minimum atomic E-state index is -0.146. The highest BCUT2D eigenvalue weighted by Gasteiger charge is 2.37. The number of rotatable bonds is 8. The second kappa shape index (κ2) is 9.77. The molecule has 2 aromatic rings. The summed E-state index contributed by atoms with van der Waals surface area (Å²) in [6.07, 6.45) is 7.00. The molecule has 1 aliphatic heterocycles. The number of para-hydroxylation sites is 1. The second-order valence-electron chi connectivity index (χ2n) is 7.89. The smallest absolute Gasteiger partial charge is 0.241 e. The zero-order valence-corrected chi connectivity index (χ0v) is 18.2. The van der Waals surface area contributed by atoms with E-state index in [0.29, 0.717) is 13.0 Å². The van der Waals surface area contributed by atoms with Crippen LogP contribution in [0.15, 0.2) is 54.6 Å². The number of amides is 1. The summed E-state index contributed by atoms with van der Waals surface area (Å²) in [7, 11) is 0. The third-order valence-electron chi connectivity index (χ3n) is 5.86. The molecule has 0 spiro atoms. The zero-order chi connectivity index (χ0) is 20.1. The van der Waals surface area contributed by atoms with E-state index in [-0.39, 0.29) is 11.2 Å². The molecule has 3 nitrogen and oxygen atoms in total. The summed E-state index contributed by atoms with van der Waals surface area (Å²) < 4.78 is 6.81. The molecule has 1 saturated heterocycles. The van der Waals surface area contributed by atoms with Gasteiger partial charge in [-0.05, 0) is 36.0 Å². The van der Waals surface area contributed by atoms with Crippen molar-refractivity contribution in [2.75, 3.05) is 6.54 Å². The lowest BCUT2D eigenvalue weighted by molar-refractivity contribution is -0.126. The molecule has 2 aliphatic rings. The standard InChI is InChI=1S/C24H27NO2S2/c26-23-22(29-24(28)25(23)15-14-18-8-4-5-9-18)16-20-12-6-7-13-21(20)27-17-19-10-2-1-3-11-19/h1-3,6-7,10-13,18,22H,4-5,8-9,14-17H2/t22-/m0/s1. The molecular formula is C24H27NO2S2. The summed E-state index contributed by atoms with van der Waals surface area (Å²) in [5.74, 6) is 1.78. The van der Waals surface area contributed by atoms with Gasteiger partial charge in [-0.1, -0.05) is 98.2 Å². The number of hydrogen-bond donors (Lipinski definition) is 0. The Morgan fingerprint density at radius 3 is 2.55 bits per heavy atom. The number of benzene rings is 2. The highest BCUT2D eigenvalue weighted by molar-refractivity contribution is 8.24. The van der Waals surface area contributed by atoms with Crippen molar-refractivity contribution in [2.45, 2.75) is 50.4 Å². The van der Waals surface area contributed by atoms with Gasteiger partial charge in [-0.3, -0.25) is 9.69 Å². The summed E-state index contributed by atoms with van der Waals surface area (Å²) >= 11 is 7.07. The van der Waals surface area contributed by atoms with Crippen molar-refractivity contribution in [2.24, 2.45) is 5.92 Å². The van der Waals surface area contributed by atoms with Crippen molar-refractivity contribution in [3.63, 3.8) is 0 Å². The maximum Gasteiger partial charge on any atom is 0.241 e. The van der Waals surface area contributed by atoms with Gasteiger partial charge in [0.1, 0.15) is 16.7 Å². The van der Waals surface area contributed by atoms with Crippen LogP contribution in [0.5, 0.6) is 5.75 Å². The third kappa shape index (κ3) is 5.20. The lowest BCUT2D eigenvalue weighted by Crippen LogP contribution is -2.33. The largest absolute Gasteiger partial charge is 0.489 e. The van der Waals surface area contributed by atoms with Gasteiger partial charge >= 0.3 is 0 Å². The number of carbonyl (C=O) groups is 1. The fourth-order valence-electron chi connectivity index (χ4n) is 4.19. The number of hydrogen-bond acceptors (Lipinski definition) is 4. The minimum Gasteiger partial charge on any atom is -0.489 e. The van der Waals surface area contributed by atoms with Gasteiger partial charge in [-0.2, -0.15) is 0 Å². The number of thioether (sulfide) groups is 1. The van der Waals surface area contributed by atoms with Crippen molar-refractivity contribution in [1.82, 2.24) is 4.90 Å². The maximum absolute atomic E-state index is 13.0. The van der Waals surface area contributed by atoms with Crippen molar-refractivity contribution in [3.05, 3.63) is 65.7 Å². The molecule has 0 bridgehead atoms. The molecule has 152 valence electrons. The van der Waals surface area contributed by atoms with Gasteiger partial charge in [0.15, 0.2) is 0 Å². The van der Waals surface area contributed by atoms with Gasteiger partial charge < -0.3 is 4.74 Å². The summed E-state index contributed by atoms with van der Waals surface area (Å²) in [5.41, 5.74) is 2.20. The first-order valence-corrected chi connectivity index (χ1v) is 11.8. The predicted molar refractivity (Wildman–Crippen MR) is 123 cm³/mol. The summed E-state index contributed by atoms with van der Waals surface area (Å²) in [6, 6.07) is 18.2. The number of nitrogens with zero attached hydrogens (tertiary/aromatic N) is 1. The van der Waals surface area contributed by atoms with E-state index in [1.165, 1.54) is 37.4 Å². The molecule has 2 aromatic carbocycles. The van der Waals surface area contributed by atoms with Crippen LogP contribution < -0.4 is 4.74 Å². The van der Waals surface area contributed by atoms with Crippen LogP contribution in [0.2, 0.25) is 0 Å². The maximum atomic E-state index is 13.0. The molecule has 0 aromatic heterocycles. The van der Waals surface area contributed by atoms with Gasteiger partial charge in [0.2, 0.25) is 5.91 Å². The van der Waals surface area contributed by atoms with Crippen molar-refractivity contribution >= 4 is 34.2 Å².